The molecule has 0 unspecified atom stereocenters. The molecule has 0 aliphatic rings. The van der Waals surface area contributed by atoms with E-state index in [9.17, 15) is 9.59 Å². The van der Waals surface area contributed by atoms with Crippen LogP contribution in [-0.2, 0) is 11.3 Å². The zero-order chi connectivity index (χ0) is 18.6. The summed E-state index contributed by atoms with van der Waals surface area (Å²) < 4.78 is 5.23. The molecule has 0 atom stereocenters. The lowest BCUT2D eigenvalue weighted by molar-refractivity contribution is 0.0635. The zero-order valence-electron chi connectivity index (χ0n) is 15.3. The van der Waals surface area contributed by atoms with Crippen molar-refractivity contribution >= 4 is 29.0 Å². The summed E-state index contributed by atoms with van der Waals surface area (Å²) in [6.45, 7) is 8.00. The smallest absolute Gasteiger partial charge is 0.412 e. The van der Waals surface area contributed by atoms with Gasteiger partial charge >= 0.3 is 6.09 Å². The minimum Gasteiger partial charge on any atom is -0.444 e. The third-order valence-corrected chi connectivity index (χ3v) is 4.46. The highest BCUT2D eigenvalue weighted by Crippen LogP contribution is 2.19. The van der Waals surface area contributed by atoms with E-state index in [4.69, 9.17) is 4.74 Å². The van der Waals surface area contributed by atoms with Gasteiger partial charge < -0.3 is 9.64 Å². The quantitative estimate of drug-likeness (QED) is 0.861. The molecular formula is C19H24N2O3S. The van der Waals surface area contributed by atoms with Gasteiger partial charge in [0.05, 0.1) is 6.54 Å². The maximum absolute atomic E-state index is 12.6. The number of nitrogens with zero attached hydrogens (tertiary/aromatic N) is 1. The van der Waals surface area contributed by atoms with E-state index in [2.05, 4.69) is 5.32 Å². The number of aryl methyl sites for hydroxylation is 1. The monoisotopic (exact) mass is 360 g/mol. The molecule has 0 saturated heterocycles. The number of ether oxygens (including phenoxy) is 1. The molecule has 2 rings (SSSR count). The Balaban J connectivity index is 2.05. The fourth-order valence-electron chi connectivity index (χ4n) is 2.23. The normalized spacial score (nSPS) is 11.1. The number of anilines is 1. The van der Waals surface area contributed by atoms with Gasteiger partial charge in [0.2, 0.25) is 0 Å². The lowest BCUT2D eigenvalue weighted by Gasteiger charge is -2.20. The van der Waals surface area contributed by atoms with Crippen LogP contribution in [0.2, 0.25) is 0 Å². The number of amides is 2. The van der Waals surface area contributed by atoms with Crippen molar-refractivity contribution in [3.8, 4) is 0 Å². The number of rotatable bonds is 4. The largest absolute Gasteiger partial charge is 0.444 e. The van der Waals surface area contributed by atoms with E-state index in [0.717, 1.165) is 0 Å². The molecule has 134 valence electrons. The summed E-state index contributed by atoms with van der Waals surface area (Å²) >= 11 is 1.64. The number of thiophene rings is 1. The SMILES string of the molecule is Cc1ccsc1CN(C)C(=O)c1cccc(NC(=O)OC(C)(C)C)c1. The molecular weight excluding hydrogens is 336 g/mol. The highest BCUT2D eigenvalue weighted by atomic mass is 32.1. The fourth-order valence-corrected chi connectivity index (χ4v) is 3.18. The second kappa shape index (κ2) is 7.70. The minimum absolute atomic E-state index is 0.0966. The minimum atomic E-state index is -0.573. The average Bonchev–Trinajstić information content (AvgIpc) is 2.90. The van der Waals surface area contributed by atoms with E-state index in [0.29, 0.717) is 17.8 Å². The lowest BCUT2D eigenvalue weighted by Crippen LogP contribution is -2.28. The summed E-state index contributed by atoms with van der Waals surface area (Å²) in [5, 5.41) is 4.68. The van der Waals surface area contributed by atoms with Crippen LogP contribution in [0.4, 0.5) is 10.5 Å². The first kappa shape index (κ1) is 19.0. The molecule has 0 aliphatic carbocycles. The Kier molecular flexibility index (Phi) is 5.85. The van der Waals surface area contributed by atoms with Crippen LogP contribution >= 0.6 is 11.3 Å². The van der Waals surface area contributed by atoms with E-state index >= 15 is 0 Å². The standard InChI is InChI=1S/C19H24N2O3S/c1-13-9-10-25-16(13)12-21(5)17(22)14-7-6-8-15(11-14)20-18(23)24-19(2,3)4/h6-11H,12H2,1-5H3,(H,20,23). The van der Waals surface area contributed by atoms with Gasteiger partial charge in [-0.25, -0.2) is 4.79 Å². The van der Waals surface area contributed by atoms with Crippen molar-refractivity contribution < 1.29 is 14.3 Å². The molecule has 6 heteroatoms. The van der Waals surface area contributed by atoms with Crippen LogP contribution in [0.15, 0.2) is 35.7 Å². The van der Waals surface area contributed by atoms with Gasteiger partial charge in [0.25, 0.3) is 5.91 Å². The summed E-state index contributed by atoms with van der Waals surface area (Å²) in [4.78, 5) is 27.3. The molecule has 25 heavy (non-hydrogen) atoms. The van der Waals surface area contributed by atoms with Crippen LogP contribution in [0.3, 0.4) is 0 Å². The van der Waals surface area contributed by atoms with Crippen molar-refractivity contribution in [3.63, 3.8) is 0 Å². The average molecular weight is 360 g/mol. The van der Waals surface area contributed by atoms with Crippen LogP contribution < -0.4 is 5.32 Å². The van der Waals surface area contributed by atoms with Crippen molar-refractivity contribution in [2.45, 2.75) is 39.8 Å². The first-order valence-corrected chi connectivity index (χ1v) is 8.92. The van der Waals surface area contributed by atoms with Gasteiger partial charge in [0.15, 0.2) is 0 Å². The summed E-state index contributed by atoms with van der Waals surface area (Å²) in [7, 11) is 1.77. The number of carbonyl (C=O) groups excluding carboxylic acids is 2. The molecule has 0 bridgehead atoms. The van der Waals surface area contributed by atoms with Gasteiger partial charge in [0.1, 0.15) is 5.60 Å². The molecule has 1 aromatic heterocycles. The van der Waals surface area contributed by atoms with E-state index in [1.54, 1.807) is 68.3 Å². The van der Waals surface area contributed by atoms with Gasteiger partial charge in [-0.3, -0.25) is 10.1 Å². The summed E-state index contributed by atoms with van der Waals surface area (Å²) in [5.41, 5.74) is 1.66. The number of nitrogens with one attached hydrogen (secondary N) is 1. The topological polar surface area (TPSA) is 58.6 Å². The van der Waals surface area contributed by atoms with Crippen molar-refractivity contribution in [3.05, 3.63) is 51.7 Å². The highest BCUT2D eigenvalue weighted by molar-refractivity contribution is 7.10. The molecule has 0 aliphatic heterocycles. The summed E-state index contributed by atoms with van der Waals surface area (Å²) in [6.07, 6.45) is -0.542. The first-order valence-electron chi connectivity index (χ1n) is 8.04. The predicted molar refractivity (Wildman–Crippen MR) is 101 cm³/mol. The molecule has 0 spiro atoms. The number of hydrogen-bond donors (Lipinski definition) is 1. The van der Waals surface area contributed by atoms with Gasteiger partial charge in [-0.1, -0.05) is 6.07 Å². The van der Waals surface area contributed by atoms with Crippen molar-refractivity contribution in [2.24, 2.45) is 0 Å². The second-order valence-electron chi connectivity index (χ2n) is 6.90. The second-order valence-corrected chi connectivity index (χ2v) is 7.90. The third-order valence-electron chi connectivity index (χ3n) is 3.45. The van der Waals surface area contributed by atoms with Crippen molar-refractivity contribution in [1.29, 1.82) is 0 Å². The fraction of sp³-hybridized carbons (Fsp3) is 0.368. The van der Waals surface area contributed by atoms with Gasteiger partial charge in [0, 0.05) is 23.2 Å². The Morgan fingerprint density at radius 1 is 1.24 bits per heavy atom. The molecule has 1 aromatic carbocycles. The van der Waals surface area contributed by atoms with E-state index in [-0.39, 0.29) is 5.91 Å². The highest BCUT2D eigenvalue weighted by Gasteiger charge is 2.17. The van der Waals surface area contributed by atoms with E-state index in [1.807, 2.05) is 18.4 Å². The maximum Gasteiger partial charge on any atom is 0.412 e. The molecule has 2 aromatic rings. The number of hydrogen-bond acceptors (Lipinski definition) is 4. The van der Waals surface area contributed by atoms with Gasteiger partial charge in [-0.2, -0.15) is 0 Å². The summed E-state index contributed by atoms with van der Waals surface area (Å²) in [5.74, 6) is -0.0966. The predicted octanol–water partition coefficient (Wildman–Crippen LogP) is 4.68. The van der Waals surface area contributed by atoms with Gasteiger partial charge in [-0.15, -0.1) is 11.3 Å². The maximum atomic E-state index is 12.6. The van der Waals surface area contributed by atoms with Gasteiger partial charge in [-0.05, 0) is 62.9 Å². The van der Waals surface area contributed by atoms with Crippen molar-refractivity contribution in [2.75, 3.05) is 12.4 Å². The van der Waals surface area contributed by atoms with Crippen LogP contribution in [0, 0.1) is 6.92 Å². The molecule has 0 saturated carbocycles. The first-order chi connectivity index (χ1) is 11.7. The molecule has 0 radical (unpaired) electrons. The third kappa shape index (κ3) is 5.60. The number of carbonyl (C=O) groups is 2. The van der Waals surface area contributed by atoms with Crippen molar-refractivity contribution in [1.82, 2.24) is 4.90 Å². The zero-order valence-corrected chi connectivity index (χ0v) is 16.1. The Labute approximate surface area is 152 Å². The molecule has 0 fully saturated rings. The van der Waals surface area contributed by atoms with Crippen LogP contribution in [0.25, 0.3) is 0 Å². The molecule has 2 amide bonds. The van der Waals surface area contributed by atoms with Crippen LogP contribution in [0.5, 0.6) is 0 Å². The molecule has 1 N–H and O–H groups in total. The van der Waals surface area contributed by atoms with Crippen LogP contribution in [0.1, 0.15) is 41.6 Å². The molecule has 5 nitrogen and oxygen atoms in total. The van der Waals surface area contributed by atoms with E-state index < -0.39 is 11.7 Å². The number of benzene rings is 1. The Morgan fingerprint density at radius 3 is 2.56 bits per heavy atom. The lowest BCUT2D eigenvalue weighted by atomic mass is 10.1. The van der Waals surface area contributed by atoms with Crippen LogP contribution in [-0.4, -0.2) is 29.5 Å². The Morgan fingerprint density at radius 2 is 1.96 bits per heavy atom. The van der Waals surface area contributed by atoms with E-state index in [1.165, 1.54) is 10.4 Å². The Hall–Kier alpha value is -2.34. The Bertz CT molecular complexity index is 762. The molecule has 1 heterocycles. The summed E-state index contributed by atoms with van der Waals surface area (Å²) in [6, 6.07) is 8.91.